The maximum atomic E-state index is 3.47. The molecule has 0 saturated carbocycles. The molecule has 0 aromatic rings. The Morgan fingerprint density at radius 2 is 1.67 bits per heavy atom. The lowest BCUT2D eigenvalue weighted by Gasteiger charge is -2.35. The van der Waals surface area contributed by atoms with E-state index in [1.807, 2.05) is 0 Å². The molecule has 0 spiro atoms. The first-order valence-electron chi connectivity index (χ1n) is 8.17. The Labute approximate surface area is 114 Å². The molecule has 0 aromatic heterocycles. The quantitative estimate of drug-likeness (QED) is 0.808. The predicted octanol–water partition coefficient (Wildman–Crippen LogP) is 3.13. The Morgan fingerprint density at radius 1 is 1.00 bits per heavy atom. The van der Waals surface area contributed by atoms with Crippen LogP contribution in [0.4, 0.5) is 0 Å². The highest BCUT2D eigenvalue weighted by Crippen LogP contribution is 2.25. The van der Waals surface area contributed by atoms with Gasteiger partial charge in [0.15, 0.2) is 0 Å². The Kier molecular flexibility index (Phi) is 5.97. The van der Waals surface area contributed by atoms with Crippen LogP contribution in [0.15, 0.2) is 0 Å². The lowest BCUT2D eigenvalue weighted by Crippen LogP contribution is -2.40. The molecule has 0 aliphatic carbocycles. The van der Waals surface area contributed by atoms with Crippen molar-refractivity contribution in [3.63, 3.8) is 0 Å². The van der Waals surface area contributed by atoms with Crippen LogP contribution in [0.2, 0.25) is 0 Å². The predicted molar refractivity (Wildman–Crippen MR) is 78.8 cm³/mol. The van der Waals surface area contributed by atoms with E-state index in [1.165, 1.54) is 71.2 Å². The van der Waals surface area contributed by atoms with Crippen molar-refractivity contribution >= 4 is 0 Å². The van der Waals surface area contributed by atoms with Crippen molar-refractivity contribution in [3.05, 3.63) is 0 Å². The van der Waals surface area contributed by atoms with Gasteiger partial charge in [0.1, 0.15) is 0 Å². The van der Waals surface area contributed by atoms with E-state index in [2.05, 4.69) is 24.1 Å². The number of nitrogens with zero attached hydrogens (tertiary/aromatic N) is 1. The summed E-state index contributed by atoms with van der Waals surface area (Å²) < 4.78 is 0. The van der Waals surface area contributed by atoms with Crippen LogP contribution in [0.3, 0.4) is 0 Å². The van der Waals surface area contributed by atoms with E-state index in [0.29, 0.717) is 0 Å². The van der Waals surface area contributed by atoms with Crippen molar-refractivity contribution in [2.45, 2.75) is 52.4 Å². The lowest BCUT2D eigenvalue weighted by atomic mass is 9.88. The standard InChI is InChI=1S/C16H32N2/c1-14(2)3-4-15-7-11-18(12-8-15)13-16-5-9-17-10-6-16/h14-17H,3-13H2,1-2H3. The fourth-order valence-electron chi connectivity index (χ4n) is 3.46. The monoisotopic (exact) mass is 252 g/mol. The summed E-state index contributed by atoms with van der Waals surface area (Å²) in [5, 5.41) is 3.47. The van der Waals surface area contributed by atoms with Crippen molar-refractivity contribution in [1.29, 1.82) is 0 Å². The summed E-state index contributed by atoms with van der Waals surface area (Å²) in [5.41, 5.74) is 0. The summed E-state index contributed by atoms with van der Waals surface area (Å²) in [6.45, 7) is 11.3. The number of rotatable bonds is 5. The van der Waals surface area contributed by atoms with Gasteiger partial charge in [0.05, 0.1) is 0 Å². The van der Waals surface area contributed by atoms with Crippen molar-refractivity contribution in [1.82, 2.24) is 10.2 Å². The van der Waals surface area contributed by atoms with Gasteiger partial charge in [-0.05, 0) is 69.6 Å². The molecule has 2 heteroatoms. The third kappa shape index (κ3) is 4.89. The fraction of sp³-hybridized carbons (Fsp3) is 1.00. The third-order valence-electron chi connectivity index (χ3n) is 4.83. The van der Waals surface area contributed by atoms with Gasteiger partial charge in [0.25, 0.3) is 0 Å². The number of hydrogen-bond donors (Lipinski definition) is 1. The maximum Gasteiger partial charge on any atom is 0.00106 e. The molecule has 0 radical (unpaired) electrons. The lowest BCUT2D eigenvalue weighted by molar-refractivity contribution is 0.142. The number of hydrogen-bond acceptors (Lipinski definition) is 2. The molecule has 0 unspecified atom stereocenters. The largest absolute Gasteiger partial charge is 0.317 e. The van der Waals surface area contributed by atoms with Gasteiger partial charge in [-0.2, -0.15) is 0 Å². The molecule has 2 aliphatic rings. The maximum absolute atomic E-state index is 3.47. The van der Waals surface area contributed by atoms with Gasteiger partial charge in [-0.1, -0.05) is 26.7 Å². The highest BCUT2D eigenvalue weighted by atomic mass is 15.1. The molecule has 2 aliphatic heterocycles. The molecule has 2 fully saturated rings. The molecule has 0 bridgehead atoms. The summed E-state index contributed by atoms with van der Waals surface area (Å²) in [6, 6.07) is 0. The zero-order chi connectivity index (χ0) is 12.8. The molecule has 2 heterocycles. The fourth-order valence-corrected chi connectivity index (χ4v) is 3.46. The zero-order valence-electron chi connectivity index (χ0n) is 12.5. The smallest absolute Gasteiger partial charge is 0.00106 e. The van der Waals surface area contributed by atoms with Gasteiger partial charge in [0, 0.05) is 6.54 Å². The summed E-state index contributed by atoms with van der Waals surface area (Å²) in [5.74, 6) is 2.88. The van der Waals surface area contributed by atoms with E-state index in [0.717, 1.165) is 17.8 Å². The molecule has 1 N–H and O–H groups in total. The Hall–Kier alpha value is -0.0800. The van der Waals surface area contributed by atoms with Gasteiger partial charge in [0.2, 0.25) is 0 Å². The second kappa shape index (κ2) is 7.49. The van der Waals surface area contributed by atoms with E-state index < -0.39 is 0 Å². The van der Waals surface area contributed by atoms with Crippen molar-refractivity contribution < 1.29 is 0 Å². The average Bonchev–Trinajstić information content (AvgIpc) is 2.39. The van der Waals surface area contributed by atoms with E-state index in [-0.39, 0.29) is 0 Å². The SMILES string of the molecule is CC(C)CCC1CCN(CC2CCNCC2)CC1. The van der Waals surface area contributed by atoms with Gasteiger partial charge in [-0.25, -0.2) is 0 Å². The van der Waals surface area contributed by atoms with Crippen molar-refractivity contribution in [2.24, 2.45) is 17.8 Å². The number of likely N-dealkylation sites (tertiary alicyclic amines) is 1. The van der Waals surface area contributed by atoms with Crippen LogP contribution in [0.1, 0.15) is 52.4 Å². The van der Waals surface area contributed by atoms with Crippen LogP contribution in [0.25, 0.3) is 0 Å². The minimum absolute atomic E-state index is 0.887. The van der Waals surface area contributed by atoms with Crippen LogP contribution in [0, 0.1) is 17.8 Å². The first-order valence-corrected chi connectivity index (χ1v) is 8.17. The first kappa shape index (κ1) is 14.3. The molecule has 2 saturated heterocycles. The molecule has 0 amide bonds. The summed E-state index contributed by atoms with van der Waals surface area (Å²) in [7, 11) is 0. The summed E-state index contributed by atoms with van der Waals surface area (Å²) in [6.07, 6.45) is 8.60. The molecule has 0 aromatic carbocycles. The summed E-state index contributed by atoms with van der Waals surface area (Å²) in [4.78, 5) is 2.74. The van der Waals surface area contributed by atoms with E-state index in [1.54, 1.807) is 0 Å². The Bertz CT molecular complexity index is 213. The van der Waals surface area contributed by atoms with Crippen molar-refractivity contribution in [2.75, 3.05) is 32.7 Å². The van der Waals surface area contributed by atoms with E-state index >= 15 is 0 Å². The third-order valence-corrected chi connectivity index (χ3v) is 4.83. The van der Waals surface area contributed by atoms with Crippen LogP contribution in [-0.2, 0) is 0 Å². The molecule has 2 rings (SSSR count). The van der Waals surface area contributed by atoms with Gasteiger partial charge in [-0.15, -0.1) is 0 Å². The second-order valence-electron chi connectivity index (χ2n) is 6.91. The first-order chi connectivity index (χ1) is 8.74. The molecule has 18 heavy (non-hydrogen) atoms. The van der Waals surface area contributed by atoms with E-state index in [4.69, 9.17) is 0 Å². The molecule has 2 nitrogen and oxygen atoms in total. The van der Waals surface area contributed by atoms with Crippen LogP contribution in [0.5, 0.6) is 0 Å². The highest BCUT2D eigenvalue weighted by Gasteiger charge is 2.22. The van der Waals surface area contributed by atoms with Gasteiger partial charge >= 0.3 is 0 Å². The highest BCUT2D eigenvalue weighted by molar-refractivity contribution is 4.77. The Balaban J connectivity index is 1.60. The molecule has 0 atom stereocenters. The second-order valence-corrected chi connectivity index (χ2v) is 6.91. The molecular weight excluding hydrogens is 220 g/mol. The van der Waals surface area contributed by atoms with Gasteiger partial charge in [-0.3, -0.25) is 0 Å². The minimum atomic E-state index is 0.887. The molecule has 106 valence electrons. The summed E-state index contributed by atoms with van der Waals surface area (Å²) >= 11 is 0. The number of nitrogens with one attached hydrogen (secondary N) is 1. The minimum Gasteiger partial charge on any atom is -0.317 e. The van der Waals surface area contributed by atoms with Crippen molar-refractivity contribution in [3.8, 4) is 0 Å². The van der Waals surface area contributed by atoms with Gasteiger partial charge < -0.3 is 10.2 Å². The van der Waals surface area contributed by atoms with Crippen LogP contribution < -0.4 is 5.32 Å². The zero-order valence-corrected chi connectivity index (χ0v) is 12.5. The van der Waals surface area contributed by atoms with Crippen LogP contribution in [-0.4, -0.2) is 37.6 Å². The number of piperidine rings is 2. The van der Waals surface area contributed by atoms with Crippen LogP contribution >= 0.6 is 0 Å². The van der Waals surface area contributed by atoms with E-state index in [9.17, 15) is 0 Å². The Morgan fingerprint density at radius 3 is 2.28 bits per heavy atom. The topological polar surface area (TPSA) is 15.3 Å². The normalized spacial score (nSPS) is 24.8. The molecular formula is C16H32N2. The average molecular weight is 252 g/mol.